The predicted octanol–water partition coefficient (Wildman–Crippen LogP) is 2.94. The standard InChI is InChI=1S/C13H12FNOS/c1-9-15-12(8-17-9)7-13(16)6-10-3-2-4-11(14)5-10/h2-5,8H,6-7H2,1H3. The second-order valence-electron chi connectivity index (χ2n) is 3.88. The van der Waals surface area contributed by atoms with E-state index in [9.17, 15) is 9.18 Å². The number of aryl methyl sites for hydroxylation is 1. The Morgan fingerprint density at radius 3 is 2.88 bits per heavy atom. The predicted molar refractivity (Wildman–Crippen MR) is 65.7 cm³/mol. The first-order chi connectivity index (χ1) is 8.13. The summed E-state index contributed by atoms with van der Waals surface area (Å²) in [4.78, 5) is 16.0. The zero-order valence-electron chi connectivity index (χ0n) is 9.44. The van der Waals surface area contributed by atoms with Crippen LogP contribution < -0.4 is 0 Å². The van der Waals surface area contributed by atoms with E-state index < -0.39 is 0 Å². The van der Waals surface area contributed by atoms with Gasteiger partial charge >= 0.3 is 0 Å². The molecule has 0 spiro atoms. The summed E-state index contributed by atoms with van der Waals surface area (Å²) in [6, 6.07) is 6.14. The fourth-order valence-electron chi connectivity index (χ4n) is 1.63. The maximum Gasteiger partial charge on any atom is 0.143 e. The maximum absolute atomic E-state index is 12.9. The van der Waals surface area contributed by atoms with E-state index in [0.717, 1.165) is 10.7 Å². The first-order valence-electron chi connectivity index (χ1n) is 5.30. The Balaban J connectivity index is 1.98. The molecule has 1 aromatic carbocycles. The number of benzene rings is 1. The van der Waals surface area contributed by atoms with Crippen LogP contribution in [0.15, 0.2) is 29.6 Å². The van der Waals surface area contributed by atoms with Crippen LogP contribution in [0.1, 0.15) is 16.3 Å². The first kappa shape index (κ1) is 11.9. The average molecular weight is 249 g/mol. The van der Waals surface area contributed by atoms with Crippen molar-refractivity contribution in [3.63, 3.8) is 0 Å². The molecule has 0 saturated carbocycles. The Morgan fingerprint density at radius 1 is 1.41 bits per heavy atom. The summed E-state index contributed by atoms with van der Waals surface area (Å²) in [5, 5.41) is 2.84. The van der Waals surface area contributed by atoms with Crippen molar-refractivity contribution in [3.8, 4) is 0 Å². The molecule has 0 saturated heterocycles. The maximum atomic E-state index is 12.9. The SMILES string of the molecule is Cc1nc(CC(=O)Cc2cccc(F)c2)cs1. The zero-order valence-corrected chi connectivity index (χ0v) is 10.3. The van der Waals surface area contributed by atoms with Gasteiger partial charge in [0.15, 0.2) is 0 Å². The lowest BCUT2D eigenvalue weighted by Crippen LogP contribution is -2.07. The van der Waals surface area contributed by atoms with Crippen molar-refractivity contribution in [3.05, 3.63) is 51.7 Å². The van der Waals surface area contributed by atoms with Gasteiger partial charge in [-0.15, -0.1) is 11.3 Å². The molecule has 2 nitrogen and oxygen atoms in total. The van der Waals surface area contributed by atoms with Crippen LogP contribution in [-0.4, -0.2) is 10.8 Å². The van der Waals surface area contributed by atoms with Gasteiger partial charge in [0.2, 0.25) is 0 Å². The molecule has 0 radical (unpaired) electrons. The molecule has 0 unspecified atom stereocenters. The van der Waals surface area contributed by atoms with Crippen molar-refractivity contribution in [2.45, 2.75) is 19.8 Å². The molecule has 2 aromatic rings. The molecule has 4 heteroatoms. The van der Waals surface area contributed by atoms with E-state index in [1.807, 2.05) is 12.3 Å². The Bertz CT molecular complexity index is 536. The van der Waals surface area contributed by atoms with E-state index in [1.165, 1.54) is 23.5 Å². The molecular weight excluding hydrogens is 237 g/mol. The number of hydrogen-bond acceptors (Lipinski definition) is 3. The number of Topliss-reactive ketones (excluding diaryl/α,β-unsaturated/α-hetero) is 1. The Hall–Kier alpha value is -1.55. The van der Waals surface area contributed by atoms with Gasteiger partial charge in [-0.3, -0.25) is 4.79 Å². The first-order valence-corrected chi connectivity index (χ1v) is 6.18. The van der Waals surface area contributed by atoms with Crippen LogP contribution in [0, 0.1) is 12.7 Å². The molecule has 0 atom stereocenters. The quantitative estimate of drug-likeness (QED) is 0.834. The Kier molecular flexibility index (Phi) is 3.64. The summed E-state index contributed by atoms with van der Waals surface area (Å²) >= 11 is 1.53. The fraction of sp³-hybridized carbons (Fsp3) is 0.231. The molecule has 17 heavy (non-hydrogen) atoms. The molecule has 0 aliphatic heterocycles. The van der Waals surface area contributed by atoms with Crippen LogP contribution in [0.2, 0.25) is 0 Å². The average Bonchev–Trinajstić information content (AvgIpc) is 2.63. The molecule has 1 heterocycles. The molecule has 0 aliphatic carbocycles. The highest BCUT2D eigenvalue weighted by Crippen LogP contribution is 2.11. The highest BCUT2D eigenvalue weighted by molar-refractivity contribution is 7.09. The minimum Gasteiger partial charge on any atom is -0.299 e. The summed E-state index contributed by atoms with van der Waals surface area (Å²) in [5.74, 6) is -0.249. The summed E-state index contributed by atoms with van der Waals surface area (Å²) < 4.78 is 12.9. The van der Waals surface area contributed by atoms with E-state index in [0.29, 0.717) is 12.0 Å². The summed E-state index contributed by atoms with van der Waals surface area (Å²) in [6.07, 6.45) is 0.579. The molecular formula is C13H12FNOS. The van der Waals surface area contributed by atoms with Crippen LogP contribution in [0.4, 0.5) is 4.39 Å². The van der Waals surface area contributed by atoms with Crippen molar-refractivity contribution in [2.24, 2.45) is 0 Å². The lowest BCUT2D eigenvalue weighted by molar-refractivity contribution is -0.117. The van der Waals surface area contributed by atoms with Crippen molar-refractivity contribution < 1.29 is 9.18 Å². The highest BCUT2D eigenvalue weighted by Gasteiger charge is 2.08. The van der Waals surface area contributed by atoms with Gasteiger partial charge in [-0.2, -0.15) is 0 Å². The smallest absolute Gasteiger partial charge is 0.143 e. The Morgan fingerprint density at radius 2 is 2.24 bits per heavy atom. The van der Waals surface area contributed by atoms with E-state index in [1.54, 1.807) is 12.1 Å². The molecule has 0 N–H and O–H groups in total. The minimum absolute atomic E-state index is 0.0564. The monoisotopic (exact) mass is 249 g/mol. The summed E-state index contributed by atoms with van der Waals surface area (Å²) in [5.41, 5.74) is 1.51. The number of halogens is 1. The van der Waals surface area contributed by atoms with E-state index in [-0.39, 0.29) is 18.0 Å². The van der Waals surface area contributed by atoms with E-state index in [2.05, 4.69) is 4.98 Å². The van der Waals surface area contributed by atoms with Gasteiger partial charge in [0.05, 0.1) is 10.7 Å². The van der Waals surface area contributed by atoms with E-state index in [4.69, 9.17) is 0 Å². The normalized spacial score (nSPS) is 10.5. The van der Waals surface area contributed by atoms with Gasteiger partial charge in [-0.05, 0) is 24.6 Å². The number of nitrogens with zero attached hydrogens (tertiary/aromatic N) is 1. The van der Waals surface area contributed by atoms with Gasteiger partial charge in [0.1, 0.15) is 11.6 Å². The highest BCUT2D eigenvalue weighted by atomic mass is 32.1. The van der Waals surface area contributed by atoms with Crippen molar-refractivity contribution >= 4 is 17.1 Å². The number of aromatic nitrogens is 1. The number of carbonyl (C=O) groups excluding carboxylic acids is 1. The number of ketones is 1. The lowest BCUT2D eigenvalue weighted by Gasteiger charge is -1.99. The molecule has 0 bridgehead atoms. The Labute approximate surface area is 103 Å². The third-order valence-electron chi connectivity index (χ3n) is 2.34. The number of thiazole rings is 1. The molecule has 0 amide bonds. The third-order valence-corrected chi connectivity index (χ3v) is 3.16. The van der Waals surface area contributed by atoms with Crippen molar-refractivity contribution in [1.82, 2.24) is 4.98 Å². The third kappa shape index (κ3) is 3.46. The van der Waals surface area contributed by atoms with Gasteiger partial charge in [-0.1, -0.05) is 12.1 Å². The van der Waals surface area contributed by atoms with Crippen LogP contribution in [0.5, 0.6) is 0 Å². The zero-order chi connectivity index (χ0) is 12.3. The van der Waals surface area contributed by atoms with Crippen LogP contribution >= 0.6 is 11.3 Å². The van der Waals surface area contributed by atoms with E-state index >= 15 is 0 Å². The number of hydrogen-bond donors (Lipinski definition) is 0. The topological polar surface area (TPSA) is 30.0 Å². The second-order valence-corrected chi connectivity index (χ2v) is 4.94. The molecule has 0 fully saturated rings. The summed E-state index contributed by atoms with van der Waals surface area (Å²) in [7, 11) is 0. The van der Waals surface area contributed by atoms with Crippen LogP contribution in [-0.2, 0) is 17.6 Å². The number of carbonyl (C=O) groups is 1. The molecule has 2 rings (SSSR count). The summed E-state index contributed by atoms with van der Waals surface area (Å²) in [6.45, 7) is 1.91. The molecule has 1 aromatic heterocycles. The lowest BCUT2D eigenvalue weighted by atomic mass is 10.1. The van der Waals surface area contributed by atoms with Gasteiger partial charge < -0.3 is 0 Å². The van der Waals surface area contributed by atoms with Crippen molar-refractivity contribution in [1.29, 1.82) is 0 Å². The second kappa shape index (κ2) is 5.19. The fourth-order valence-corrected chi connectivity index (χ4v) is 2.24. The largest absolute Gasteiger partial charge is 0.299 e. The van der Waals surface area contributed by atoms with Crippen LogP contribution in [0.25, 0.3) is 0 Å². The molecule has 0 aliphatic rings. The minimum atomic E-state index is -0.306. The van der Waals surface area contributed by atoms with Crippen molar-refractivity contribution in [2.75, 3.05) is 0 Å². The van der Waals surface area contributed by atoms with Gasteiger partial charge in [-0.25, -0.2) is 9.37 Å². The van der Waals surface area contributed by atoms with Crippen LogP contribution in [0.3, 0.4) is 0 Å². The number of rotatable bonds is 4. The molecule has 88 valence electrons. The van der Waals surface area contributed by atoms with Gasteiger partial charge in [0.25, 0.3) is 0 Å². The van der Waals surface area contributed by atoms with Gasteiger partial charge in [0, 0.05) is 18.2 Å².